The van der Waals surface area contributed by atoms with E-state index in [2.05, 4.69) is 29.9 Å². The van der Waals surface area contributed by atoms with Crippen LogP contribution in [-0.4, -0.2) is 89.8 Å². The molecule has 2 atom stereocenters. The molecule has 49 heavy (non-hydrogen) atoms. The van der Waals surface area contributed by atoms with Crippen molar-refractivity contribution in [2.24, 2.45) is 0 Å². The van der Waals surface area contributed by atoms with Gasteiger partial charge in [0.15, 0.2) is 10.3 Å². The fraction of sp³-hybridized carbons (Fsp3) is 0.294. The summed E-state index contributed by atoms with van der Waals surface area (Å²) in [7, 11) is 3.81. The monoisotopic (exact) mass is 714 g/mol. The van der Waals surface area contributed by atoms with Crippen LogP contribution in [0.25, 0.3) is 22.1 Å². The molecule has 2 N–H and O–H groups in total. The highest BCUT2D eigenvalue weighted by Gasteiger charge is 2.18. The van der Waals surface area contributed by atoms with E-state index in [4.69, 9.17) is 18.9 Å². The molecule has 2 aromatic carbocycles. The molecular weight excluding hydrogens is 677 g/mol. The van der Waals surface area contributed by atoms with Crippen molar-refractivity contribution in [2.45, 2.75) is 49.5 Å². The van der Waals surface area contributed by atoms with Crippen molar-refractivity contribution in [1.82, 2.24) is 29.9 Å². The van der Waals surface area contributed by atoms with Crippen LogP contribution in [0.3, 0.4) is 0 Å². The number of hydrogen-bond donors (Lipinski definition) is 2. The number of methoxy groups -OCH3 is 4. The maximum absolute atomic E-state index is 12.7. The van der Waals surface area contributed by atoms with E-state index in [1.54, 1.807) is 40.8 Å². The first-order chi connectivity index (χ1) is 23.1. The van der Waals surface area contributed by atoms with Gasteiger partial charge in [0.25, 0.3) is 0 Å². The normalized spacial score (nSPS) is 12.1. The number of hydrogen-bond acceptors (Lipinski definition) is 10. The van der Waals surface area contributed by atoms with Crippen molar-refractivity contribution in [3.05, 3.63) is 82.4 Å². The molecule has 4 aromatic heterocycles. The Morgan fingerprint density at radius 3 is 1.35 bits per heavy atom. The highest BCUT2D eigenvalue weighted by molar-refractivity contribution is 7.84. The second-order valence-corrected chi connectivity index (χ2v) is 13.7. The SMILES string of the molecule is COc1ccc2nc(S(=O)Cc3ncc(C)c(OC)c3C)[nH]c2c1.COc1ccc2nc(S(=O)Cc3ncc(C)c(OC)c3C)[nH]c2c1.[Mg]. The topological polar surface area (TPSA) is 154 Å². The Labute approximate surface area is 305 Å². The lowest BCUT2D eigenvalue weighted by atomic mass is 10.1. The van der Waals surface area contributed by atoms with E-state index in [0.717, 1.165) is 78.7 Å². The number of benzene rings is 2. The van der Waals surface area contributed by atoms with Crippen molar-refractivity contribution in [2.75, 3.05) is 28.4 Å². The van der Waals surface area contributed by atoms with Crippen LogP contribution in [0.15, 0.2) is 59.1 Å². The van der Waals surface area contributed by atoms with E-state index < -0.39 is 21.6 Å². The lowest BCUT2D eigenvalue weighted by Crippen LogP contribution is -2.05. The molecule has 15 heteroatoms. The van der Waals surface area contributed by atoms with Gasteiger partial charge in [0.05, 0.1) is 95.0 Å². The van der Waals surface area contributed by atoms with Crippen molar-refractivity contribution < 1.29 is 27.4 Å². The minimum Gasteiger partial charge on any atom is -0.497 e. The van der Waals surface area contributed by atoms with Crippen LogP contribution in [0.1, 0.15) is 33.6 Å². The number of rotatable bonds is 10. The molecule has 0 spiro atoms. The van der Waals surface area contributed by atoms with Crippen molar-refractivity contribution in [3.8, 4) is 23.0 Å². The van der Waals surface area contributed by atoms with Crippen LogP contribution in [0.2, 0.25) is 0 Å². The Kier molecular flexibility index (Phi) is 12.8. The first-order valence-corrected chi connectivity index (χ1v) is 17.5. The molecule has 0 saturated heterocycles. The van der Waals surface area contributed by atoms with Crippen LogP contribution >= 0.6 is 0 Å². The maximum atomic E-state index is 12.7. The smallest absolute Gasteiger partial charge is 0.197 e. The summed E-state index contributed by atoms with van der Waals surface area (Å²) in [6, 6.07) is 11.0. The van der Waals surface area contributed by atoms with Crippen molar-refractivity contribution in [3.63, 3.8) is 0 Å². The Morgan fingerprint density at radius 2 is 1.00 bits per heavy atom. The molecule has 0 aliphatic heterocycles. The molecular formula is C34H38MgN6O6S2. The molecule has 2 radical (unpaired) electrons. The van der Waals surface area contributed by atoms with Crippen LogP contribution in [0, 0.1) is 27.7 Å². The summed E-state index contributed by atoms with van der Waals surface area (Å²) in [4.78, 5) is 23.8. The number of imidazole rings is 2. The van der Waals surface area contributed by atoms with Crippen LogP contribution in [0.4, 0.5) is 0 Å². The molecule has 2 unspecified atom stereocenters. The average Bonchev–Trinajstić information content (AvgIpc) is 3.72. The lowest BCUT2D eigenvalue weighted by Gasteiger charge is -2.11. The fourth-order valence-corrected chi connectivity index (χ4v) is 7.42. The van der Waals surface area contributed by atoms with Gasteiger partial charge in [-0.05, 0) is 52.0 Å². The van der Waals surface area contributed by atoms with Gasteiger partial charge < -0.3 is 28.9 Å². The third-order valence-electron chi connectivity index (χ3n) is 7.80. The molecule has 0 aliphatic carbocycles. The van der Waals surface area contributed by atoms with Crippen molar-refractivity contribution >= 4 is 66.7 Å². The molecule has 12 nitrogen and oxygen atoms in total. The molecule has 0 amide bonds. The summed E-state index contributed by atoms with van der Waals surface area (Å²) in [5, 5.41) is 0.859. The van der Waals surface area contributed by atoms with E-state index >= 15 is 0 Å². The van der Waals surface area contributed by atoms with E-state index in [0.29, 0.717) is 10.3 Å². The lowest BCUT2D eigenvalue weighted by molar-refractivity contribution is 0.407. The summed E-state index contributed by atoms with van der Waals surface area (Å²) in [6.45, 7) is 7.72. The molecule has 0 aliphatic rings. The van der Waals surface area contributed by atoms with Gasteiger partial charge in [0.2, 0.25) is 0 Å². The third kappa shape index (κ3) is 8.40. The minimum absolute atomic E-state index is 0. The second kappa shape index (κ2) is 16.6. The molecule has 0 saturated carbocycles. The first kappa shape index (κ1) is 37.8. The van der Waals surface area contributed by atoms with Gasteiger partial charge in [0, 0.05) is 69.8 Å². The van der Waals surface area contributed by atoms with E-state index in [-0.39, 0.29) is 34.6 Å². The summed E-state index contributed by atoms with van der Waals surface area (Å²) >= 11 is 0. The van der Waals surface area contributed by atoms with E-state index in [1.807, 2.05) is 64.1 Å². The zero-order valence-electron chi connectivity index (χ0n) is 28.8. The first-order valence-electron chi connectivity index (χ1n) is 14.9. The van der Waals surface area contributed by atoms with Gasteiger partial charge in [-0.15, -0.1) is 0 Å². The Bertz CT molecular complexity index is 2000. The molecule has 6 aromatic rings. The van der Waals surface area contributed by atoms with Crippen molar-refractivity contribution in [1.29, 1.82) is 0 Å². The maximum Gasteiger partial charge on any atom is 0.197 e. The quantitative estimate of drug-likeness (QED) is 0.176. The predicted molar refractivity (Wildman–Crippen MR) is 192 cm³/mol. The van der Waals surface area contributed by atoms with Gasteiger partial charge in [-0.2, -0.15) is 0 Å². The third-order valence-corrected chi connectivity index (χ3v) is 10.1. The molecule has 254 valence electrons. The number of H-pyrrole nitrogens is 2. The Morgan fingerprint density at radius 1 is 0.612 bits per heavy atom. The number of nitrogens with zero attached hydrogens (tertiary/aromatic N) is 4. The highest BCUT2D eigenvalue weighted by Crippen LogP contribution is 2.28. The summed E-state index contributed by atoms with van der Waals surface area (Å²) < 4.78 is 46.5. The average molecular weight is 715 g/mol. The number of fused-ring (bicyclic) bond motifs is 2. The molecule has 0 bridgehead atoms. The van der Waals surface area contributed by atoms with Gasteiger partial charge in [-0.1, -0.05) is 0 Å². The van der Waals surface area contributed by atoms with E-state index in [1.165, 1.54) is 0 Å². The molecule has 0 fully saturated rings. The van der Waals surface area contributed by atoms with Gasteiger partial charge in [-0.25, -0.2) is 9.97 Å². The number of aromatic amines is 2. The molecule has 4 heterocycles. The summed E-state index contributed by atoms with van der Waals surface area (Å²) in [5.41, 5.74) is 8.32. The largest absolute Gasteiger partial charge is 0.497 e. The van der Waals surface area contributed by atoms with Gasteiger partial charge in [0.1, 0.15) is 23.0 Å². The predicted octanol–water partition coefficient (Wildman–Crippen LogP) is 5.42. The fourth-order valence-electron chi connectivity index (χ4n) is 5.22. The van der Waals surface area contributed by atoms with Gasteiger partial charge in [-0.3, -0.25) is 18.4 Å². The number of pyridine rings is 2. The number of nitrogens with one attached hydrogen (secondary N) is 2. The van der Waals surface area contributed by atoms with E-state index in [9.17, 15) is 8.42 Å². The van der Waals surface area contributed by atoms with Crippen LogP contribution in [0.5, 0.6) is 23.0 Å². The standard InChI is InChI=1S/2C17H19N3O3S.Mg/c2*1-10-8-18-15(11(2)16(10)23-4)9-24(21)17-19-13-6-5-12(22-3)7-14(13)20-17;/h2*5-8H,9H2,1-4H3,(H,19,20);. The summed E-state index contributed by atoms with van der Waals surface area (Å²) in [6.07, 6.45) is 3.48. The zero-order chi connectivity index (χ0) is 34.5. The van der Waals surface area contributed by atoms with Crippen LogP contribution < -0.4 is 18.9 Å². The zero-order valence-corrected chi connectivity index (χ0v) is 31.8. The minimum atomic E-state index is -1.33. The summed E-state index contributed by atoms with van der Waals surface area (Å²) in [5.74, 6) is 3.57. The molecule has 6 rings (SSSR count). The van der Waals surface area contributed by atoms with Gasteiger partial charge >= 0.3 is 0 Å². The number of ether oxygens (including phenoxy) is 4. The Hall–Kier alpha value is -4.05. The second-order valence-electron chi connectivity index (χ2n) is 10.9. The number of aryl methyl sites for hydroxylation is 2. The Balaban J connectivity index is 0.000000216. The number of aromatic nitrogens is 6. The van der Waals surface area contributed by atoms with Crippen LogP contribution in [-0.2, 0) is 33.1 Å². The highest BCUT2D eigenvalue weighted by atomic mass is 32.2.